The molecule has 2 aliphatic heterocycles. The average molecular weight is 642 g/mol. The zero-order valence-electron chi connectivity index (χ0n) is 26.9. The topological polar surface area (TPSA) is 150 Å². The van der Waals surface area contributed by atoms with Gasteiger partial charge in [0.25, 0.3) is 5.91 Å². The Morgan fingerprint density at radius 2 is 1.49 bits per heavy atom. The van der Waals surface area contributed by atoms with Crippen molar-refractivity contribution in [3.05, 3.63) is 84.6 Å². The molecular weight excluding hydrogens is 601 g/mol. The number of pyridine rings is 1. The third kappa shape index (κ3) is 7.98. The third-order valence-corrected chi connectivity index (χ3v) is 8.38. The molecule has 13 heteroatoms. The van der Waals surface area contributed by atoms with Gasteiger partial charge in [0, 0.05) is 24.3 Å². The Bertz CT molecular complexity index is 1550. The molecule has 5 rings (SSSR count). The molecule has 1 aromatic heterocycles. The fourth-order valence-corrected chi connectivity index (χ4v) is 5.84. The molecule has 3 heterocycles. The first-order valence-corrected chi connectivity index (χ1v) is 15.8. The van der Waals surface area contributed by atoms with E-state index >= 15 is 0 Å². The Morgan fingerprint density at radius 3 is 2.06 bits per heavy atom. The number of nitrogens with one attached hydrogen (secondary N) is 2. The maximum atomic E-state index is 13.6. The number of nitrogens with zero attached hydrogens (tertiary/aromatic N) is 3. The molecule has 5 atom stereocenters. The largest absolute Gasteiger partial charge is 0.622 e. The molecule has 1 unspecified atom stereocenters. The first-order chi connectivity index (χ1) is 22.5. The minimum atomic E-state index is -1.42. The number of hydrogen-bond donors (Lipinski definition) is 3. The molecule has 0 radical (unpaired) electrons. The van der Waals surface area contributed by atoms with Gasteiger partial charge in [-0.2, -0.15) is 0 Å². The standard InChI is InChI=1S/C34H40BN5O7/c1-21(2)18-29(35-46-33(44)27-19-40(24-14-9-6-10-15-24)20-28(39(27)4)34(45)47-35)37-32(43)30(22(3)41)38-31(42)26-17-11-16-25(36-26)23-12-7-5-8-13-23/h5-17,21-22,27-30,41H,18-20H2,1-4H3,(H,37,43)(H,38,42)/t22-,27-,28+,29+,30?/m1/s1. The van der Waals surface area contributed by atoms with Gasteiger partial charge in [-0.25, -0.2) is 4.98 Å². The Kier molecular flexibility index (Phi) is 10.6. The SMILES string of the molecule is CC(C)C[C@H](NC(=O)C(NC(=O)c1cccc(-c2ccccc2)n1)[C@@H](C)O)B1OC(=O)[C@H]2CN(c3ccccc3)C[C@@H](C(=O)O1)N2C. The minimum absolute atomic E-state index is 0.0107. The number of aliphatic hydroxyl groups is 1. The van der Waals surface area contributed by atoms with Crippen LogP contribution in [-0.4, -0.2) is 96.2 Å². The fraction of sp³-hybridized carbons (Fsp3) is 0.382. The number of hydrogen-bond acceptors (Lipinski definition) is 10. The van der Waals surface area contributed by atoms with Gasteiger partial charge in [0.1, 0.15) is 23.8 Å². The predicted octanol–water partition coefficient (Wildman–Crippen LogP) is 2.08. The van der Waals surface area contributed by atoms with Crippen LogP contribution < -0.4 is 15.5 Å². The molecule has 12 nitrogen and oxygen atoms in total. The fourth-order valence-electron chi connectivity index (χ4n) is 5.84. The summed E-state index contributed by atoms with van der Waals surface area (Å²) in [6.07, 6.45) is -1.02. The van der Waals surface area contributed by atoms with E-state index < -0.39 is 61.0 Å². The van der Waals surface area contributed by atoms with Gasteiger partial charge in [-0.15, -0.1) is 0 Å². The van der Waals surface area contributed by atoms with Crippen molar-refractivity contribution in [1.82, 2.24) is 20.5 Å². The normalized spacial score (nSPS) is 20.3. The highest BCUT2D eigenvalue weighted by molar-refractivity contribution is 6.51. The highest BCUT2D eigenvalue weighted by atomic mass is 16.6. The molecule has 2 bridgehead atoms. The Balaban J connectivity index is 1.32. The van der Waals surface area contributed by atoms with E-state index in [0.717, 1.165) is 11.3 Å². The van der Waals surface area contributed by atoms with Crippen molar-refractivity contribution in [2.75, 3.05) is 25.0 Å². The van der Waals surface area contributed by atoms with E-state index in [1.807, 2.05) is 79.4 Å². The van der Waals surface area contributed by atoms with Gasteiger partial charge in [0.15, 0.2) is 0 Å². The summed E-state index contributed by atoms with van der Waals surface area (Å²) in [7, 11) is 0.270. The molecule has 0 spiro atoms. The van der Waals surface area contributed by atoms with Crippen LogP contribution in [0.1, 0.15) is 37.7 Å². The molecule has 0 aliphatic carbocycles. The second-order valence-corrected chi connectivity index (χ2v) is 12.4. The number of piperazine rings is 1. The van der Waals surface area contributed by atoms with Crippen molar-refractivity contribution in [2.24, 2.45) is 5.92 Å². The smallest absolute Gasteiger partial charge is 0.497 e. The number of aromatic nitrogens is 1. The number of carbonyl (C=O) groups is 4. The third-order valence-electron chi connectivity index (χ3n) is 8.38. The lowest BCUT2D eigenvalue weighted by Gasteiger charge is -2.45. The maximum Gasteiger partial charge on any atom is 0.622 e. The van der Waals surface area contributed by atoms with Gasteiger partial charge < -0.3 is 29.9 Å². The first kappa shape index (κ1) is 33.6. The van der Waals surface area contributed by atoms with Gasteiger partial charge in [0.05, 0.1) is 17.7 Å². The number of likely N-dealkylation sites (N-methyl/N-ethyl adjacent to an activating group) is 1. The molecule has 2 aromatic carbocycles. The van der Waals surface area contributed by atoms with Crippen LogP contribution in [0, 0.1) is 5.92 Å². The predicted molar refractivity (Wildman–Crippen MR) is 176 cm³/mol. The number of carbonyl (C=O) groups excluding carboxylic acids is 4. The summed E-state index contributed by atoms with van der Waals surface area (Å²) >= 11 is 0. The first-order valence-electron chi connectivity index (χ1n) is 15.8. The molecule has 3 aromatic rings. The molecule has 2 saturated heterocycles. The van der Waals surface area contributed by atoms with Crippen LogP contribution >= 0.6 is 0 Å². The van der Waals surface area contributed by atoms with Crippen LogP contribution in [0.5, 0.6) is 0 Å². The van der Waals surface area contributed by atoms with E-state index in [1.165, 1.54) is 13.0 Å². The second-order valence-electron chi connectivity index (χ2n) is 12.4. The van der Waals surface area contributed by atoms with Crippen LogP contribution in [-0.2, 0) is 23.7 Å². The van der Waals surface area contributed by atoms with Crippen molar-refractivity contribution < 1.29 is 33.6 Å². The molecule has 246 valence electrons. The van der Waals surface area contributed by atoms with Crippen molar-refractivity contribution >= 4 is 36.6 Å². The molecule has 2 amide bonds. The summed E-state index contributed by atoms with van der Waals surface area (Å²) in [6, 6.07) is 20.9. The lowest BCUT2D eigenvalue weighted by atomic mass is 9.73. The van der Waals surface area contributed by atoms with Crippen molar-refractivity contribution in [2.45, 2.75) is 57.4 Å². The molecule has 2 aliphatic rings. The highest BCUT2D eigenvalue weighted by Gasteiger charge is 2.50. The van der Waals surface area contributed by atoms with Gasteiger partial charge in [0.2, 0.25) is 5.91 Å². The monoisotopic (exact) mass is 641 g/mol. The lowest BCUT2D eigenvalue weighted by Crippen LogP contribution is -2.67. The van der Waals surface area contributed by atoms with E-state index in [0.29, 0.717) is 18.8 Å². The summed E-state index contributed by atoms with van der Waals surface area (Å²) in [5, 5.41) is 15.9. The number of benzene rings is 2. The van der Waals surface area contributed by atoms with Gasteiger partial charge >= 0.3 is 19.1 Å². The summed E-state index contributed by atoms with van der Waals surface area (Å²) in [4.78, 5) is 62.0. The maximum absolute atomic E-state index is 13.6. The second kappa shape index (κ2) is 14.8. The molecule has 3 N–H and O–H groups in total. The van der Waals surface area contributed by atoms with E-state index in [4.69, 9.17) is 9.31 Å². The van der Waals surface area contributed by atoms with E-state index in [9.17, 15) is 24.3 Å². The summed E-state index contributed by atoms with van der Waals surface area (Å²) in [6.45, 7) is 5.79. The van der Waals surface area contributed by atoms with Crippen LogP contribution in [0.2, 0.25) is 0 Å². The number of anilines is 1. The van der Waals surface area contributed by atoms with Crippen LogP contribution in [0.25, 0.3) is 11.3 Å². The lowest BCUT2D eigenvalue weighted by molar-refractivity contribution is -0.155. The number of fused-ring (bicyclic) bond motifs is 2. The van der Waals surface area contributed by atoms with Crippen LogP contribution in [0.3, 0.4) is 0 Å². The number of rotatable bonds is 10. The number of amides is 2. The summed E-state index contributed by atoms with van der Waals surface area (Å²) in [5.41, 5.74) is 2.32. The average Bonchev–Trinajstić information content (AvgIpc) is 3.06. The molecular formula is C34H40BN5O7. The Morgan fingerprint density at radius 1 is 0.894 bits per heavy atom. The van der Waals surface area contributed by atoms with Gasteiger partial charge in [-0.3, -0.25) is 24.1 Å². The zero-order valence-corrected chi connectivity index (χ0v) is 26.9. The van der Waals surface area contributed by atoms with Crippen molar-refractivity contribution in [1.29, 1.82) is 0 Å². The zero-order chi connectivity index (χ0) is 33.7. The van der Waals surface area contributed by atoms with E-state index in [1.54, 1.807) is 24.1 Å². The van der Waals surface area contributed by atoms with Crippen LogP contribution in [0.15, 0.2) is 78.9 Å². The minimum Gasteiger partial charge on any atom is -0.497 e. The molecule has 0 saturated carbocycles. The van der Waals surface area contributed by atoms with Gasteiger partial charge in [-0.05, 0) is 50.6 Å². The van der Waals surface area contributed by atoms with E-state index in [2.05, 4.69) is 15.6 Å². The van der Waals surface area contributed by atoms with Crippen LogP contribution in [0.4, 0.5) is 5.69 Å². The summed E-state index contributed by atoms with van der Waals surface area (Å²) < 4.78 is 11.6. The highest BCUT2D eigenvalue weighted by Crippen LogP contribution is 2.26. The molecule has 47 heavy (non-hydrogen) atoms. The van der Waals surface area contributed by atoms with Gasteiger partial charge in [-0.1, -0.05) is 68.4 Å². The number of aliphatic hydroxyl groups excluding tert-OH is 1. The van der Waals surface area contributed by atoms with Crippen molar-refractivity contribution in [3.8, 4) is 11.3 Å². The Hall–Kier alpha value is -4.75. The number of para-hydroxylation sites is 1. The summed E-state index contributed by atoms with van der Waals surface area (Å²) in [5.74, 6) is -3.55. The van der Waals surface area contributed by atoms with E-state index in [-0.39, 0.29) is 18.0 Å². The Labute approximate surface area is 274 Å². The molecule has 2 fully saturated rings. The van der Waals surface area contributed by atoms with Crippen molar-refractivity contribution in [3.63, 3.8) is 0 Å². The quantitative estimate of drug-likeness (QED) is 0.281.